The number of sulfonamides is 1. The van der Waals surface area contributed by atoms with Crippen molar-refractivity contribution in [2.75, 3.05) is 11.8 Å². The predicted octanol–water partition coefficient (Wildman–Crippen LogP) is 3.03. The van der Waals surface area contributed by atoms with E-state index in [0.717, 1.165) is 6.07 Å². The molecule has 138 valence electrons. The lowest BCUT2D eigenvalue weighted by atomic mass is 10.1. The van der Waals surface area contributed by atoms with Crippen LogP contribution in [0.3, 0.4) is 0 Å². The Hall–Kier alpha value is -2.65. The zero-order valence-electron chi connectivity index (χ0n) is 14.2. The van der Waals surface area contributed by atoms with E-state index in [0.29, 0.717) is 11.1 Å². The summed E-state index contributed by atoms with van der Waals surface area (Å²) >= 11 is 6.02. The lowest BCUT2D eigenvalue weighted by Crippen LogP contribution is -2.19. The van der Waals surface area contributed by atoms with Crippen molar-refractivity contribution in [3.8, 4) is 0 Å². The van der Waals surface area contributed by atoms with Crippen LogP contribution in [0.25, 0.3) is 0 Å². The average Bonchev–Trinajstić information content (AvgIpc) is 2.57. The summed E-state index contributed by atoms with van der Waals surface area (Å²) in [5.41, 5.74) is 0.711. The summed E-state index contributed by atoms with van der Waals surface area (Å²) in [6, 6.07) is 6.41. The van der Waals surface area contributed by atoms with Crippen LogP contribution < -0.4 is 10.0 Å². The van der Waals surface area contributed by atoms with E-state index in [9.17, 15) is 23.3 Å². The maximum atomic E-state index is 12.8. The Morgan fingerprint density at radius 3 is 2.42 bits per heavy atom. The zero-order valence-corrected chi connectivity index (χ0v) is 15.7. The van der Waals surface area contributed by atoms with Crippen LogP contribution in [0.1, 0.15) is 21.5 Å². The van der Waals surface area contributed by atoms with Crippen LogP contribution in [-0.2, 0) is 10.0 Å². The van der Waals surface area contributed by atoms with Gasteiger partial charge >= 0.3 is 0 Å². The number of amides is 1. The number of nitrogens with zero attached hydrogens (tertiary/aromatic N) is 1. The van der Waals surface area contributed by atoms with Crippen LogP contribution in [0.15, 0.2) is 35.2 Å². The second-order valence-electron chi connectivity index (χ2n) is 5.52. The average molecular weight is 398 g/mol. The van der Waals surface area contributed by atoms with Gasteiger partial charge in [0.2, 0.25) is 0 Å². The number of halogens is 1. The molecule has 0 aliphatic heterocycles. The molecule has 0 radical (unpaired) electrons. The molecule has 10 heteroatoms. The first-order chi connectivity index (χ1) is 12.1. The van der Waals surface area contributed by atoms with Gasteiger partial charge in [0.05, 0.1) is 20.5 Å². The molecule has 2 N–H and O–H groups in total. The van der Waals surface area contributed by atoms with E-state index in [1.165, 1.54) is 31.3 Å². The van der Waals surface area contributed by atoms with Gasteiger partial charge in [-0.3, -0.25) is 19.6 Å². The smallest absolute Gasteiger partial charge is 0.271 e. The number of nitrogens with one attached hydrogen (secondary N) is 2. The monoisotopic (exact) mass is 397 g/mol. The van der Waals surface area contributed by atoms with Gasteiger partial charge in [-0.2, -0.15) is 0 Å². The van der Waals surface area contributed by atoms with Crippen molar-refractivity contribution in [2.24, 2.45) is 0 Å². The number of hydrogen-bond acceptors (Lipinski definition) is 5. The molecule has 0 bridgehead atoms. The molecule has 0 saturated heterocycles. The van der Waals surface area contributed by atoms with Crippen LogP contribution in [0.2, 0.25) is 5.02 Å². The highest BCUT2D eigenvalue weighted by Gasteiger charge is 2.23. The van der Waals surface area contributed by atoms with E-state index in [1.807, 2.05) is 0 Å². The highest BCUT2D eigenvalue weighted by molar-refractivity contribution is 7.92. The van der Waals surface area contributed by atoms with Gasteiger partial charge in [0.25, 0.3) is 21.6 Å². The Labute approximate surface area is 155 Å². The van der Waals surface area contributed by atoms with Gasteiger partial charge in [0.15, 0.2) is 0 Å². The fourth-order valence-electron chi connectivity index (χ4n) is 2.28. The number of non-ortho nitro benzene ring substituents is 1. The fraction of sp³-hybridized carbons (Fsp3) is 0.188. The molecule has 0 spiro atoms. The lowest BCUT2D eigenvalue weighted by Gasteiger charge is -2.14. The van der Waals surface area contributed by atoms with Gasteiger partial charge in [-0.05, 0) is 43.2 Å². The normalized spacial score (nSPS) is 11.1. The quantitative estimate of drug-likeness (QED) is 0.593. The summed E-state index contributed by atoms with van der Waals surface area (Å²) in [5, 5.41) is 13.5. The van der Waals surface area contributed by atoms with Gasteiger partial charge in [-0.15, -0.1) is 0 Å². The standard InChI is InChI=1S/C16H16ClN3O5S/c1-9-6-12(20(22)23)8-15(10(9)2)26(24,25)19-14-7-11(16(21)18-3)4-5-13(14)17/h4-8,19H,1-3H3,(H,18,21). The van der Waals surface area contributed by atoms with Gasteiger partial charge < -0.3 is 5.32 Å². The minimum atomic E-state index is -4.16. The maximum Gasteiger partial charge on any atom is 0.271 e. The van der Waals surface area contributed by atoms with Crippen LogP contribution in [0, 0.1) is 24.0 Å². The van der Waals surface area contributed by atoms with Crippen molar-refractivity contribution in [2.45, 2.75) is 18.7 Å². The highest BCUT2D eigenvalue weighted by Crippen LogP contribution is 2.30. The molecule has 26 heavy (non-hydrogen) atoms. The summed E-state index contributed by atoms with van der Waals surface area (Å²) < 4.78 is 27.8. The zero-order chi connectivity index (χ0) is 19.6. The molecular weight excluding hydrogens is 382 g/mol. The second kappa shape index (κ2) is 7.30. The SMILES string of the molecule is CNC(=O)c1ccc(Cl)c(NS(=O)(=O)c2cc([N+](=O)[O-])cc(C)c2C)c1. The molecule has 2 rings (SSSR count). The number of aryl methyl sites for hydroxylation is 1. The first-order valence-corrected chi connectivity index (χ1v) is 9.23. The van der Waals surface area contributed by atoms with Crippen molar-refractivity contribution < 1.29 is 18.1 Å². The van der Waals surface area contributed by atoms with Gasteiger partial charge in [-0.1, -0.05) is 11.6 Å². The van der Waals surface area contributed by atoms with E-state index in [-0.39, 0.29) is 26.9 Å². The third-order valence-electron chi connectivity index (χ3n) is 3.80. The molecule has 0 aliphatic rings. The second-order valence-corrected chi connectivity index (χ2v) is 7.58. The van der Waals surface area contributed by atoms with E-state index >= 15 is 0 Å². The predicted molar refractivity (Wildman–Crippen MR) is 98.2 cm³/mol. The summed E-state index contributed by atoms with van der Waals surface area (Å²) in [5.74, 6) is -0.413. The van der Waals surface area contributed by atoms with Crippen LogP contribution in [0.4, 0.5) is 11.4 Å². The first kappa shape index (κ1) is 19.7. The Kier molecular flexibility index (Phi) is 5.53. The topological polar surface area (TPSA) is 118 Å². The molecule has 0 heterocycles. The highest BCUT2D eigenvalue weighted by atomic mass is 35.5. The molecule has 0 fully saturated rings. The molecule has 2 aromatic rings. The lowest BCUT2D eigenvalue weighted by molar-refractivity contribution is -0.385. The molecule has 2 aromatic carbocycles. The fourth-order valence-corrected chi connectivity index (χ4v) is 3.91. The molecule has 0 aromatic heterocycles. The molecule has 1 amide bonds. The largest absolute Gasteiger partial charge is 0.355 e. The number of nitro groups is 1. The van der Waals surface area contributed by atoms with Crippen LogP contribution >= 0.6 is 11.6 Å². The number of nitro benzene ring substituents is 1. The minimum absolute atomic E-state index is 0.00340. The summed E-state index contributed by atoms with van der Waals surface area (Å²) in [6.45, 7) is 3.14. The van der Waals surface area contributed by atoms with Gasteiger partial charge in [0, 0.05) is 24.7 Å². The number of carbonyl (C=O) groups is 1. The van der Waals surface area contributed by atoms with Gasteiger partial charge in [-0.25, -0.2) is 8.42 Å². The van der Waals surface area contributed by atoms with Crippen LogP contribution in [-0.4, -0.2) is 26.3 Å². The van der Waals surface area contributed by atoms with Crippen LogP contribution in [0.5, 0.6) is 0 Å². The number of hydrogen-bond donors (Lipinski definition) is 2. The van der Waals surface area contributed by atoms with Crippen molar-refractivity contribution in [3.05, 3.63) is 62.2 Å². The maximum absolute atomic E-state index is 12.8. The Morgan fingerprint density at radius 1 is 1.19 bits per heavy atom. The Balaban J connectivity index is 2.54. The molecule has 0 saturated carbocycles. The summed E-state index contributed by atoms with van der Waals surface area (Å²) in [6.07, 6.45) is 0. The third kappa shape index (κ3) is 3.94. The molecule has 0 atom stereocenters. The van der Waals surface area contributed by atoms with E-state index in [1.54, 1.807) is 13.8 Å². The third-order valence-corrected chi connectivity index (χ3v) is 5.63. The number of rotatable bonds is 5. The van der Waals surface area contributed by atoms with E-state index in [2.05, 4.69) is 10.0 Å². The van der Waals surface area contributed by atoms with Crippen molar-refractivity contribution in [1.82, 2.24) is 5.32 Å². The van der Waals surface area contributed by atoms with E-state index in [4.69, 9.17) is 11.6 Å². The minimum Gasteiger partial charge on any atom is -0.355 e. The van der Waals surface area contributed by atoms with Gasteiger partial charge in [0.1, 0.15) is 0 Å². The Bertz CT molecular complexity index is 1010. The number of anilines is 1. The molecular formula is C16H16ClN3O5S. The summed E-state index contributed by atoms with van der Waals surface area (Å²) in [4.78, 5) is 21.9. The van der Waals surface area contributed by atoms with Crippen molar-refractivity contribution >= 4 is 38.9 Å². The van der Waals surface area contributed by atoms with Crippen molar-refractivity contribution in [3.63, 3.8) is 0 Å². The molecule has 0 aliphatic carbocycles. The number of benzene rings is 2. The Morgan fingerprint density at radius 2 is 1.85 bits per heavy atom. The molecule has 8 nitrogen and oxygen atoms in total. The summed E-state index contributed by atoms with van der Waals surface area (Å²) in [7, 11) is -2.72. The first-order valence-electron chi connectivity index (χ1n) is 7.37. The molecule has 0 unspecified atom stereocenters. The number of carbonyl (C=O) groups excluding carboxylic acids is 1. The van der Waals surface area contributed by atoms with Crippen molar-refractivity contribution in [1.29, 1.82) is 0 Å². The van der Waals surface area contributed by atoms with E-state index < -0.39 is 20.9 Å².